The third-order valence-electron chi connectivity index (χ3n) is 4.75. The van der Waals surface area contributed by atoms with E-state index in [1.807, 2.05) is 30.5 Å². The van der Waals surface area contributed by atoms with Gasteiger partial charge >= 0.3 is 0 Å². The lowest BCUT2D eigenvalue weighted by atomic mass is 9.97. The van der Waals surface area contributed by atoms with Gasteiger partial charge in [-0.1, -0.05) is 18.2 Å². The van der Waals surface area contributed by atoms with E-state index in [-0.39, 0.29) is 17.5 Å². The van der Waals surface area contributed by atoms with Crippen LogP contribution in [0.1, 0.15) is 0 Å². The molecule has 5 aromatic rings. The van der Waals surface area contributed by atoms with Gasteiger partial charge in [-0.2, -0.15) is 0 Å². The molecule has 0 aliphatic carbocycles. The average Bonchev–Trinajstić information content (AvgIpc) is 3.29. The van der Waals surface area contributed by atoms with Gasteiger partial charge < -0.3 is 25.3 Å². The second kappa shape index (κ2) is 5.10. The minimum atomic E-state index is -0.114. The molecule has 2 aromatic carbocycles. The molecule has 26 heavy (non-hydrogen) atoms. The zero-order valence-electron chi connectivity index (χ0n) is 13.5. The summed E-state index contributed by atoms with van der Waals surface area (Å²) in [5.41, 5.74) is 4.23. The Balaban J connectivity index is 1.83. The van der Waals surface area contributed by atoms with E-state index in [0.717, 1.165) is 32.9 Å². The Labute approximate surface area is 147 Å². The van der Waals surface area contributed by atoms with Crippen LogP contribution in [-0.4, -0.2) is 30.3 Å². The molecule has 0 radical (unpaired) electrons. The molecule has 0 aliphatic heterocycles. The third-order valence-corrected chi connectivity index (χ3v) is 4.75. The van der Waals surface area contributed by atoms with Crippen molar-refractivity contribution in [3.63, 3.8) is 0 Å². The molecular weight excluding hydrogens is 330 g/mol. The summed E-state index contributed by atoms with van der Waals surface area (Å²) in [6.45, 7) is 0. The Kier molecular flexibility index (Phi) is 2.85. The van der Waals surface area contributed by atoms with Gasteiger partial charge in [-0.05, 0) is 18.2 Å². The highest BCUT2D eigenvalue weighted by Gasteiger charge is 2.24. The smallest absolute Gasteiger partial charge is 0.200 e. The molecule has 3 heterocycles. The molecule has 0 atom stereocenters. The number of hydrogen-bond donors (Lipinski definition) is 6. The first kappa shape index (κ1) is 14.5. The number of aromatic nitrogens is 3. The van der Waals surface area contributed by atoms with Gasteiger partial charge in [0.25, 0.3) is 0 Å². The molecule has 0 spiro atoms. The molecule has 5 rings (SSSR count). The summed E-state index contributed by atoms with van der Waals surface area (Å²) in [7, 11) is 0. The molecule has 0 unspecified atom stereocenters. The summed E-state index contributed by atoms with van der Waals surface area (Å²) in [6.07, 6.45) is 3.57. The van der Waals surface area contributed by atoms with Crippen molar-refractivity contribution in [2.75, 3.05) is 0 Å². The van der Waals surface area contributed by atoms with Crippen molar-refractivity contribution >= 4 is 21.8 Å². The molecule has 128 valence electrons. The van der Waals surface area contributed by atoms with Gasteiger partial charge in [0.15, 0.2) is 11.8 Å². The van der Waals surface area contributed by atoms with Crippen molar-refractivity contribution < 1.29 is 15.3 Å². The van der Waals surface area contributed by atoms with Crippen LogP contribution in [0, 0.1) is 0 Å². The van der Waals surface area contributed by atoms with Crippen molar-refractivity contribution in [3.05, 3.63) is 54.9 Å². The van der Waals surface area contributed by atoms with E-state index in [1.54, 1.807) is 24.4 Å². The number of para-hydroxylation sites is 1. The summed E-state index contributed by atoms with van der Waals surface area (Å²) in [5, 5.41) is 32.4. The van der Waals surface area contributed by atoms with Crippen LogP contribution in [-0.2, 0) is 0 Å². The van der Waals surface area contributed by atoms with Crippen LogP contribution in [0.4, 0.5) is 0 Å². The number of benzene rings is 2. The maximum absolute atomic E-state index is 10.5. The first-order chi connectivity index (χ1) is 12.6. The molecule has 6 nitrogen and oxygen atoms in total. The van der Waals surface area contributed by atoms with Gasteiger partial charge in [0, 0.05) is 51.4 Å². The number of H-pyrrole nitrogens is 3. The molecule has 0 amide bonds. The summed E-state index contributed by atoms with van der Waals surface area (Å²) in [4.78, 5) is 8.92. The van der Waals surface area contributed by atoms with Crippen molar-refractivity contribution in [1.82, 2.24) is 15.0 Å². The highest BCUT2D eigenvalue weighted by molar-refractivity contribution is 6.07. The third kappa shape index (κ3) is 1.92. The predicted octanol–water partition coefficient (Wildman–Crippen LogP) is 4.43. The first-order valence-corrected chi connectivity index (χ1v) is 8.14. The predicted molar refractivity (Wildman–Crippen MR) is 100 cm³/mol. The van der Waals surface area contributed by atoms with Crippen LogP contribution in [0.2, 0.25) is 0 Å². The average molecular weight is 345 g/mol. The van der Waals surface area contributed by atoms with Crippen LogP contribution >= 0.6 is 0 Å². The summed E-state index contributed by atoms with van der Waals surface area (Å²) >= 11 is 0. The Bertz CT molecular complexity index is 1280. The van der Waals surface area contributed by atoms with Gasteiger partial charge in [0.05, 0.1) is 11.1 Å². The number of phenols is 1. The number of nitrogens with one attached hydrogen (secondary N) is 3. The van der Waals surface area contributed by atoms with E-state index in [1.165, 1.54) is 0 Å². The number of fused-ring (bicyclic) bond motifs is 2. The molecule has 0 saturated heterocycles. The van der Waals surface area contributed by atoms with Gasteiger partial charge in [-0.3, -0.25) is 4.98 Å². The van der Waals surface area contributed by atoms with Crippen molar-refractivity contribution in [2.45, 2.75) is 0 Å². The lowest BCUT2D eigenvalue weighted by molar-refractivity contribution is 0.426. The number of rotatable bonds is 2. The molecule has 0 aliphatic rings. The summed E-state index contributed by atoms with van der Waals surface area (Å²) in [5.74, 6) is -0.0592. The van der Waals surface area contributed by atoms with Crippen molar-refractivity contribution in [1.29, 1.82) is 0 Å². The second-order valence-corrected chi connectivity index (χ2v) is 6.25. The highest BCUT2D eigenvalue weighted by Crippen LogP contribution is 2.48. The van der Waals surface area contributed by atoms with E-state index in [0.29, 0.717) is 11.1 Å². The summed E-state index contributed by atoms with van der Waals surface area (Å²) in [6, 6.07) is 12.8. The van der Waals surface area contributed by atoms with E-state index < -0.39 is 0 Å². The molecule has 0 bridgehead atoms. The lowest BCUT2D eigenvalue weighted by Crippen LogP contribution is -1.80. The SMILES string of the molecule is Oc1ccc2c(-c3c(O)[nH]c(O)c3-c3c[nH]c4ccccc34)c[nH]c2c1. The second-order valence-electron chi connectivity index (χ2n) is 6.25. The fraction of sp³-hybridized carbons (Fsp3) is 0. The molecule has 6 N–H and O–H groups in total. The Hall–Kier alpha value is -3.80. The number of aromatic amines is 3. The van der Waals surface area contributed by atoms with Gasteiger partial charge in [0.2, 0.25) is 0 Å². The van der Waals surface area contributed by atoms with E-state index in [4.69, 9.17) is 0 Å². The van der Waals surface area contributed by atoms with Crippen LogP contribution in [0.15, 0.2) is 54.9 Å². The van der Waals surface area contributed by atoms with E-state index in [2.05, 4.69) is 15.0 Å². The standard InChI is InChI=1S/C20H15N3O3/c24-10-5-6-12-14(9-22-16(12)7-10)18-17(19(25)23-20(18)26)13-8-21-15-4-2-1-3-11(13)15/h1-9,21-26H. The normalized spacial score (nSPS) is 11.5. The largest absolute Gasteiger partial charge is 0.508 e. The van der Waals surface area contributed by atoms with E-state index >= 15 is 0 Å². The number of aromatic hydroxyl groups is 3. The van der Waals surface area contributed by atoms with Crippen LogP contribution in [0.3, 0.4) is 0 Å². The molecule has 3 aromatic heterocycles. The number of phenolic OH excluding ortho intramolecular Hbond substituents is 1. The molecular formula is C20H15N3O3. The fourth-order valence-corrected chi connectivity index (χ4v) is 3.60. The van der Waals surface area contributed by atoms with Gasteiger partial charge in [-0.15, -0.1) is 0 Å². The maximum Gasteiger partial charge on any atom is 0.200 e. The Morgan fingerprint density at radius 3 is 2.00 bits per heavy atom. The monoisotopic (exact) mass is 345 g/mol. The van der Waals surface area contributed by atoms with Crippen molar-refractivity contribution in [2.24, 2.45) is 0 Å². The molecule has 0 saturated carbocycles. The molecule has 6 heteroatoms. The minimum absolute atomic E-state index is 0.101. The maximum atomic E-state index is 10.5. The zero-order chi connectivity index (χ0) is 17.8. The Morgan fingerprint density at radius 2 is 1.27 bits per heavy atom. The first-order valence-electron chi connectivity index (χ1n) is 8.14. The number of hydrogen-bond acceptors (Lipinski definition) is 3. The van der Waals surface area contributed by atoms with Crippen LogP contribution in [0.25, 0.3) is 44.1 Å². The van der Waals surface area contributed by atoms with Crippen LogP contribution in [0.5, 0.6) is 17.5 Å². The molecule has 0 fully saturated rings. The fourth-order valence-electron chi connectivity index (χ4n) is 3.60. The van der Waals surface area contributed by atoms with E-state index in [9.17, 15) is 15.3 Å². The van der Waals surface area contributed by atoms with Gasteiger partial charge in [0.1, 0.15) is 5.75 Å². The topological polar surface area (TPSA) is 108 Å². The Morgan fingerprint density at radius 1 is 0.654 bits per heavy atom. The van der Waals surface area contributed by atoms with Crippen LogP contribution < -0.4 is 0 Å². The zero-order valence-corrected chi connectivity index (χ0v) is 13.5. The highest BCUT2D eigenvalue weighted by atomic mass is 16.3. The summed E-state index contributed by atoms with van der Waals surface area (Å²) < 4.78 is 0. The minimum Gasteiger partial charge on any atom is -0.508 e. The van der Waals surface area contributed by atoms with Crippen molar-refractivity contribution in [3.8, 4) is 39.8 Å². The quantitative estimate of drug-likeness (QED) is 0.285. The lowest BCUT2D eigenvalue weighted by Gasteiger charge is -2.04. The van der Waals surface area contributed by atoms with Gasteiger partial charge in [-0.25, -0.2) is 0 Å².